The molecule has 5 aliphatic carbocycles. The van der Waals surface area contributed by atoms with Crippen molar-refractivity contribution in [1.82, 2.24) is 10.6 Å². The summed E-state index contributed by atoms with van der Waals surface area (Å²) in [5.41, 5.74) is 5.65. The first-order valence-corrected chi connectivity index (χ1v) is 21.6. The Morgan fingerprint density at radius 1 is 0.900 bits per heavy atom. The summed E-state index contributed by atoms with van der Waals surface area (Å²) in [6.45, 7) is 21.7. The minimum Gasteiger partial charge on any atom is -0.465 e. The second kappa shape index (κ2) is 12.6. The van der Waals surface area contributed by atoms with Crippen LogP contribution in [0.25, 0.3) is 5.57 Å². The van der Waals surface area contributed by atoms with Gasteiger partial charge in [-0.1, -0.05) is 65.0 Å². The predicted molar refractivity (Wildman–Crippen MR) is 203 cm³/mol. The van der Waals surface area contributed by atoms with Crippen molar-refractivity contribution in [2.75, 3.05) is 31.7 Å². The number of hydrogen-bond acceptors (Lipinski definition) is 6. The molecule has 1 saturated heterocycles. The smallest absolute Gasteiger partial charge is 0.337 e. The van der Waals surface area contributed by atoms with E-state index in [2.05, 4.69) is 77.0 Å². The first-order valence-electron chi connectivity index (χ1n) is 19.7. The van der Waals surface area contributed by atoms with Crippen molar-refractivity contribution >= 4 is 21.4 Å². The SMILES string of the molecule is C=C(C)[C@@H]1CC[C@]2(NCCNC3CCS(=O)(=O)C3)CC[C@]3(C)[C@H](CC[C@@H]4[C@@]5(C)CC=C(c6ccc(C(=O)OC)cc6)C(C)(C)[C@@H]5CC[C@]43C)[C@@H]12. The van der Waals surface area contributed by atoms with Gasteiger partial charge in [0.15, 0.2) is 9.84 Å². The molecule has 0 amide bonds. The molecular formula is C43H64N2O4S. The van der Waals surface area contributed by atoms with Gasteiger partial charge in [0.25, 0.3) is 0 Å². The molecule has 6 aliphatic rings. The van der Waals surface area contributed by atoms with E-state index in [0.717, 1.165) is 25.9 Å². The fourth-order valence-corrected chi connectivity index (χ4v) is 15.7. The van der Waals surface area contributed by atoms with Crippen LogP contribution in [0.1, 0.15) is 122 Å². The summed E-state index contributed by atoms with van der Waals surface area (Å²) in [4.78, 5) is 12.1. The number of rotatable bonds is 8. The second-order valence-corrected chi connectivity index (χ2v) is 21.2. The minimum atomic E-state index is -2.87. The van der Waals surface area contributed by atoms with Crippen LogP contribution < -0.4 is 10.6 Å². The maximum absolute atomic E-state index is 12.1. The van der Waals surface area contributed by atoms with Crippen molar-refractivity contribution in [1.29, 1.82) is 0 Å². The highest BCUT2D eigenvalue weighted by Crippen LogP contribution is 2.76. The molecule has 6 nitrogen and oxygen atoms in total. The normalized spacial score (nSPS) is 42.7. The molecule has 0 bridgehead atoms. The van der Waals surface area contributed by atoms with Crippen molar-refractivity contribution in [3.8, 4) is 0 Å². The maximum Gasteiger partial charge on any atom is 0.337 e. The van der Waals surface area contributed by atoms with Crippen LogP contribution in [0.2, 0.25) is 0 Å². The molecule has 1 aromatic carbocycles. The van der Waals surface area contributed by atoms with Gasteiger partial charge in [-0.2, -0.15) is 0 Å². The van der Waals surface area contributed by atoms with Gasteiger partial charge in [0.1, 0.15) is 0 Å². The van der Waals surface area contributed by atoms with Gasteiger partial charge in [0.2, 0.25) is 0 Å². The molecule has 1 unspecified atom stereocenters. The highest BCUT2D eigenvalue weighted by atomic mass is 32.2. The fourth-order valence-electron chi connectivity index (χ4n) is 14.0. The van der Waals surface area contributed by atoms with Crippen molar-refractivity contribution in [3.05, 3.63) is 53.6 Å². The molecule has 7 rings (SSSR count). The van der Waals surface area contributed by atoms with E-state index >= 15 is 0 Å². The number of allylic oxidation sites excluding steroid dienone is 3. The molecule has 0 radical (unpaired) electrons. The Kier molecular flexibility index (Phi) is 9.16. The molecular weight excluding hydrogens is 641 g/mol. The lowest BCUT2D eigenvalue weighted by Crippen LogP contribution is -2.68. The Bertz CT molecular complexity index is 1650. The van der Waals surface area contributed by atoms with Gasteiger partial charge in [0, 0.05) is 24.7 Å². The van der Waals surface area contributed by atoms with E-state index < -0.39 is 9.84 Å². The summed E-state index contributed by atoms with van der Waals surface area (Å²) in [5.74, 6) is 3.48. The monoisotopic (exact) mass is 704 g/mol. The van der Waals surface area contributed by atoms with E-state index in [-0.39, 0.29) is 45.0 Å². The van der Waals surface area contributed by atoms with Crippen LogP contribution in [-0.2, 0) is 14.6 Å². The number of nitrogens with one attached hydrogen (secondary N) is 2. The summed E-state index contributed by atoms with van der Waals surface area (Å²) in [6, 6.07) is 8.19. The van der Waals surface area contributed by atoms with Crippen LogP contribution in [0.15, 0.2) is 42.5 Å². The molecule has 1 aromatic rings. The number of methoxy groups -OCH3 is 1. The molecule has 5 fully saturated rings. The summed E-state index contributed by atoms with van der Waals surface area (Å²) in [6.07, 6.45) is 14.6. The first-order chi connectivity index (χ1) is 23.5. The number of sulfone groups is 1. The zero-order valence-electron chi connectivity index (χ0n) is 32.0. The topological polar surface area (TPSA) is 84.5 Å². The molecule has 4 saturated carbocycles. The van der Waals surface area contributed by atoms with Crippen molar-refractivity contribution in [2.24, 2.45) is 51.2 Å². The highest BCUT2D eigenvalue weighted by molar-refractivity contribution is 7.91. The number of fused-ring (bicyclic) bond motifs is 7. The van der Waals surface area contributed by atoms with E-state index in [0.29, 0.717) is 40.9 Å². The first kappa shape index (κ1) is 36.4. The third-order valence-corrected chi connectivity index (χ3v) is 18.3. The largest absolute Gasteiger partial charge is 0.465 e. The standard InChI is InChI=1S/C43H64N2O4S/c1-28(2)32-15-21-43(45-25-24-44-31-18-26-50(47,48)27-31)23-22-41(6)34(37(32)43)13-14-36-40(5)19-16-33(29-9-11-30(12-10-29)38(46)49-8)39(3,4)35(40)17-20-42(36,41)7/h9-12,16,31-32,34-37,44-45H,1,13-15,17-27H2,2-8H3/t31?,32-,34+,35-,36+,37+,40-,41+,42+,43-/m0/s1. The van der Waals surface area contributed by atoms with Crippen molar-refractivity contribution < 1.29 is 17.9 Å². The van der Waals surface area contributed by atoms with Crippen molar-refractivity contribution in [3.63, 3.8) is 0 Å². The van der Waals surface area contributed by atoms with E-state index in [1.54, 1.807) is 0 Å². The molecule has 1 aliphatic heterocycles. The average Bonchev–Trinajstić information content (AvgIpc) is 3.62. The Hall–Kier alpha value is -1.96. The van der Waals surface area contributed by atoms with Gasteiger partial charge in [-0.3, -0.25) is 0 Å². The Morgan fingerprint density at radius 2 is 1.64 bits per heavy atom. The number of esters is 1. The summed E-state index contributed by atoms with van der Waals surface area (Å²) in [5, 5.41) is 7.74. The molecule has 276 valence electrons. The Balaban J connectivity index is 1.13. The van der Waals surface area contributed by atoms with Crippen LogP contribution in [0.5, 0.6) is 0 Å². The third-order valence-electron chi connectivity index (χ3n) is 16.5. The fraction of sp³-hybridized carbons (Fsp3) is 0.744. The van der Waals surface area contributed by atoms with Crippen LogP contribution in [0.3, 0.4) is 0 Å². The van der Waals surface area contributed by atoms with E-state index in [1.807, 2.05) is 12.1 Å². The predicted octanol–water partition coefficient (Wildman–Crippen LogP) is 8.24. The van der Waals surface area contributed by atoms with Crippen LogP contribution in [0.4, 0.5) is 0 Å². The van der Waals surface area contributed by atoms with E-state index in [1.165, 1.54) is 75.2 Å². The number of carbonyl (C=O) groups excluding carboxylic acids is 1. The lowest BCUT2D eigenvalue weighted by Gasteiger charge is -2.72. The van der Waals surface area contributed by atoms with Gasteiger partial charge in [-0.05, 0) is 146 Å². The van der Waals surface area contributed by atoms with Gasteiger partial charge in [-0.15, -0.1) is 0 Å². The Morgan fingerprint density at radius 3 is 2.30 bits per heavy atom. The number of ether oxygens (including phenoxy) is 1. The van der Waals surface area contributed by atoms with E-state index in [9.17, 15) is 13.2 Å². The van der Waals surface area contributed by atoms with Crippen LogP contribution in [0, 0.1) is 51.2 Å². The number of benzene rings is 1. The summed E-state index contributed by atoms with van der Waals surface area (Å²) in [7, 11) is -1.43. The Labute approximate surface area is 303 Å². The van der Waals surface area contributed by atoms with Gasteiger partial charge in [-0.25, -0.2) is 13.2 Å². The molecule has 0 spiro atoms. The number of carbonyl (C=O) groups is 1. The zero-order valence-corrected chi connectivity index (χ0v) is 32.8. The lowest BCUT2D eigenvalue weighted by atomic mass is 9.33. The average molecular weight is 705 g/mol. The molecule has 0 aromatic heterocycles. The number of hydrogen-bond donors (Lipinski definition) is 2. The molecule has 2 N–H and O–H groups in total. The van der Waals surface area contributed by atoms with Crippen LogP contribution >= 0.6 is 0 Å². The van der Waals surface area contributed by atoms with Gasteiger partial charge in [0.05, 0.1) is 24.2 Å². The van der Waals surface area contributed by atoms with Gasteiger partial charge < -0.3 is 15.4 Å². The maximum atomic E-state index is 12.1. The molecule has 1 heterocycles. The molecule has 10 atom stereocenters. The van der Waals surface area contributed by atoms with Gasteiger partial charge >= 0.3 is 5.97 Å². The lowest BCUT2D eigenvalue weighted by molar-refractivity contribution is -0.219. The summed E-state index contributed by atoms with van der Waals surface area (Å²) < 4.78 is 29.0. The zero-order chi connectivity index (χ0) is 35.9. The van der Waals surface area contributed by atoms with E-state index in [4.69, 9.17) is 4.74 Å². The van der Waals surface area contributed by atoms with Crippen molar-refractivity contribution in [2.45, 2.75) is 117 Å². The second-order valence-electron chi connectivity index (χ2n) is 18.9. The highest BCUT2D eigenvalue weighted by Gasteiger charge is 2.70. The third kappa shape index (κ3) is 5.52. The summed E-state index contributed by atoms with van der Waals surface area (Å²) >= 11 is 0. The molecule has 50 heavy (non-hydrogen) atoms. The quantitative estimate of drug-likeness (QED) is 0.161. The van der Waals surface area contributed by atoms with Crippen LogP contribution in [-0.4, -0.2) is 57.7 Å². The minimum absolute atomic E-state index is 0.0394. The molecule has 7 heteroatoms.